The van der Waals surface area contributed by atoms with Crippen LogP contribution in [-0.2, 0) is 23.1 Å². The van der Waals surface area contributed by atoms with Crippen molar-refractivity contribution in [2.24, 2.45) is 0 Å². The molecule has 0 atom stereocenters. The summed E-state index contributed by atoms with van der Waals surface area (Å²) in [6.45, 7) is 5.86. The Bertz CT molecular complexity index is 306. The standard InChI is InChI=1S/C10H18BrO5P/c1-4-14-10(12)9(7-11)8-17(13,15-5-2)16-6-3/h8H,4-7H2,1-3H3/b9-8+. The largest absolute Gasteiger partial charge is 0.463 e. The fourth-order valence-electron chi connectivity index (χ4n) is 1.03. The maximum atomic E-state index is 12.1. The highest BCUT2D eigenvalue weighted by Gasteiger charge is 2.23. The lowest BCUT2D eigenvalue weighted by molar-refractivity contribution is -0.138. The van der Waals surface area contributed by atoms with Crippen molar-refractivity contribution in [1.29, 1.82) is 0 Å². The van der Waals surface area contributed by atoms with E-state index in [-0.39, 0.29) is 30.7 Å². The van der Waals surface area contributed by atoms with E-state index in [0.717, 1.165) is 0 Å². The summed E-state index contributed by atoms with van der Waals surface area (Å²) in [4.78, 5) is 11.5. The zero-order valence-electron chi connectivity index (χ0n) is 10.3. The van der Waals surface area contributed by atoms with Crippen LogP contribution in [0, 0.1) is 0 Å². The molecule has 0 spiro atoms. The van der Waals surface area contributed by atoms with Crippen molar-refractivity contribution in [3.8, 4) is 0 Å². The molecule has 0 aliphatic heterocycles. The smallest absolute Gasteiger partial charge is 0.354 e. The normalized spacial score (nSPS) is 12.6. The molecular weight excluding hydrogens is 311 g/mol. The van der Waals surface area contributed by atoms with Crippen LogP contribution in [0.2, 0.25) is 0 Å². The highest BCUT2D eigenvalue weighted by atomic mass is 79.9. The van der Waals surface area contributed by atoms with Crippen molar-refractivity contribution >= 4 is 29.5 Å². The molecule has 0 aromatic rings. The molecule has 0 fully saturated rings. The van der Waals surface area contributed by atoms with E-state index < -0.39 is 13.6 Å². The molecule has 5 nitrogen and oxygen atoms in total. The molecule has 0 heterocycles. The van der Waals surface area contributed by atoms with Gasteiger partial charge in [0.2, 0.25) is 0 Å². The molecule has 0 bridgehead atoms. The van der Waals surface area contributed by atoms with Crippen LogP contribution in [0.15, 0.2) is 11.4 Å². The summed E-state index contributed by atoms with van der Waals surface area (Å²) < 4.78 is 27.1. The van der Waals surface area contributed by atoms with E-state index in [9.17, 15) is 9.36 Å². The first kappa shape index (κ1) is 16.8. The SMILES string of the molecule is CCOC(=O)/C(=C/P(=O)(OCC)OCC)CBr. The Morgan fingerprint density at radius 2 is 1.71 bits per heavy atom. The molecule has 0 N–H and O–H groups in total. The van der Waals surface area contributed by atoms with Gasteiger partial charge in [-0.3, -0.25) is 4.57 Å². The Morgan fingerprint density at radius 3 is 2.06 bits per heavy atom. The predicted octanol–water partition coefficient (Wildman–Crippen LogP) is 3.09. The quantitative estimate of drug-likeness (QED) is 0.296. The molecule has 0 radical (unpaired) electrons. The number of hydrogen-bond acceptors (Lipinski definition) is 5. The van der Waals surface area contributed by atoms with Crippen LogP contribution in [0.1, 0.15) is 20.8 Å². The summed E-state index contributed by atoms with van der Waals surface area (Å²) >= 11 is 3.14. The first-order valence-electron chi connectivity index (χ1n) is 5.36. The summed E-state index contributed by atoms with van der Waals surface area (Å²) in [7, 11) is -3.36. The average molecular weight is 329 g/mol. The summed E-state index contributed by atoms with van der Waals surface area (Å²) in [5.41, 5.74) is 0.233. The maximum absolute atomic E-state index is 12.1. The first-order valence-corrected chi connectivity index (χ1v) is 8.09. The topological polar surface area (TPSA) is 61.8 Å². The van der Waals surface area contributed by atoms with E-state index in [4.69, 9.17) is 13.8 Å². The fraction of sp³-hybridized carbons (Fsp3) is 0.700. The minimum atomic E-state index is -3.36. The zero-order valence-corrected chi connectivity index (χ0v) is 12.8. The van der Waals surface area contributed by atoms with Gasteiger partial charge >= 0.3 is 13.6 Å². The van der Waals surface area contributed by atoms with E-state index in [1.165, 1.54) is 5.82 Å². The van der Waals surface area contributed by atoms with Crippen LogP contribution in [0.3, 0.4) is 0 Å². The molecule has 0 rings (SSSR count). The van der Waals surface area contributed by atoms with Crippen molar-refractivity contribution in [1.82, 2.24) is 0 Å². The average Bonchev–Trinajstić information content (AvgIpc) is 2.27. The van der Waals surface area contributed by atoms with Gasteiger partial charge in [-0.15, -0.1) is 0 Å². The molecule has 100 valence electrons. The monoisotopic (exact) mass is 328 g/mol. The fourth-order valence-corrected chi connectivity index (χ4v) is 3.19. The molecule has 0 aromatic heterocycles. The van der Waals surface area contributed by atoms with Gasteiger partial charge in [-0.2, -0.15) is 0 Å². The Balaban J connectivity index is 4.98. The third-order valence-electron chi connectivity index (χ3n) is 1.61. The molecule has 0 saturated carbocycles. The number of rotatable bonds is 8. The van der Waals surface area contributed by atoms with Gasteiger partial charge in [0.1, 0.15) is 0 Å². The Labute approximate surface area is 110 Å². The second-order valence-electron chi connectivity index (χ2n) is 2.88. The first-order chi connectivity index (χ1) is 8.02. The molecule has 0 aromatic carbocycles. The van der Waals surface area contributed by atoms with Crippen LogP contribution in [0.5, 0.6) is 0 Å². The Kier molecular flexibility index (Phi) is 8.78. The summed E-state index contributed by atoms with van der Waals surface area (Å²) in [6.07, 6.45) is 0. The minimum absolute atomic E-state index is 0.232. The highest BCUT2D eigenvalue weighted by Crippen LogP contribution is 2.50. The highest BCUT2D eigenvalue weighted by molar-refractivity contribution is 9.09. The van der Waals surface area contributed by atoms with Gasteiger partial charge < -0.3 is 13.8 Å². The second-order valence-corrected chi connectivity index (χ2v) is 5.30. The van der Waals surface area contributed by atoms with Gasteiger partial charge in [-0.1, -0.05) is 15.9 Å². The van der Waals surface area contributed by atoms with Gasteiger partial charge in [-0.05, 0) is 20.8 Å². The van der Waals surface area contributed by atoms with Crippen molar-refractivity contribution in [3.05, 3.63) is 11.4 Å². The molecule has 0 amide bonds. The Hall–Kier alpha value is -0.160. The Morgan fingerprint density at radius 1 is 1.18 bits per heavy atom. The molecule has 17 heavy (non-hydrogen) atoms. The molecular formula is C10H18BrO5P. The van der Waals surface area contributed by atoms with E-state index >= 15 is 0 Å². The predicted molar refractivity (Wildman–Crippen MR) is 69.4 cm³/mol. The van der Waals surface area contributed by atoms with Gasteiger partial charge in [0, 0.05) is 11.1 Å². The van der Waals surface area contributed by atoms with Gasteiger partial charge in [0.25, 0.3) is 0 Å². The van der Waals surface area contributed by atoms with Gasteiger partial charge in [0.05, 0.1) is 25.4 Å². The molecule has 0 aliphatic carbocycles. The van der Waals surface area contributed by atoms with Crippen LogP contribution < -0.4 is 0 Å². The summed E-state index contributed by atoms with van der Waals surface area (Å²) in [6, 6.07) is 0. The number of alkyl halides is 1. The van der Waals surface area contributed by atoms with Crippen molar-refractivity contribution in [2.45, 2.75) is 20.8 Å². The van der Waals surface area contributed by atoms with Crippen LogP contribution in [-0.4, -0.2) is 31.1 Å². The maximum Gasteiger partial charge on any atom is 0.354 e. The van der Waals surface area contributed by atoms with Crippen molar-refractivity contribution in [3.63, 3.8) is 0 Å². The van der Waals surface area contributed by atoms with Crippen LogP contribution >= 0.6 is 23.5 Å². The van der Waals surface area contributed by atoms with E-state index in [2.05, 4.69) is 15.9 Å². The van der Waals surface area contributed by atoms with Gasteiger partial charge in [0.15, 0.2) is 0 Å². The number of esters is 1. The molecule has 0 unspecified atom stereocenters. The zero-order chi connectivity index (χ0) is 13.3. The van der Waals surface area contributed by atoms with Crippen molar-refractivity contribution in [2.75, 3.05) is 25.2 Å². The lowest BCUT2D eigenvalue weighted by Gasteiger charge is -2.14. The van der Waals surface area contributed by atoms with E-state index in [1.54, 1.807) is 20.8 Å². The number of carbonyl (C=O) groups is 1. The molecule has 0 aliphatic rings. The number of carbonyl (C=O) groups excluding carboxylic acids is 1. The summed E-state index contributed by atoms with van der Waals surface area (Å²) in [5.74, 6) is 0.691. The third kappa shape index (κ3) is 6.36. The summed E-state index contributed by atoms with van der Waals surface area (Å²) in [5, 5.41) is 0.232. The second kappa shape index (κ2) is 8.86. The van der Waals surface area contributed by atoms with Gasteiger partial charge in [-0.25, -0.2) is 4.79 Å². The van der Waals surface area contributed by atoms with Crippen LogP contribution in [0.4, 0.5) is 0 Å². The number of ether oxygens (including phenoxy) is 1. The van der Waals surface area contributed by atoms with E-state index in [1.807, 2.05) is 0 Å². The van der Waals surface area contributed by atoms with Crippen LogP contribution in [0.25, 0.3) is 0 Å². The molecule has 7 heteroatoms. The number of halogens is 1. The molecule has 0 saturated heterocycles. The lowest BCUT2D eigenvalue weighted by Crippen LogP contribution is -2.09. The minimum Gasteiger partial charge on any atom is -0.463 e. The lowest BCUT2D eigenvalue weighted by atomic mass is 10.4. The number of hydrogen-bond donors (Lipinski definition) is 0. The third-order valence-corrected chi connectivity index (χ3v) is 4.08. The van der Waals surface area contributed by atoms with Crippen molar-refractivity contribution < 1.29 is 23.1 Å². The van der Waals surface area contributed by atoms with E-state index in [0.29, 0.717) is 0 Å².